The number of ether oxygens (including phenoxy) is 1. The lowest BCUT2D eigenvalue weighted by Gasteiger charge is -2.08. The molecular formula is C21H14N2O3S. The number of carboxylic acids is 1. The van der Waals surface area contributed by atoms with Crippen LogP contribution in [-0.4, -0.2) is 15.6 Å². The monoisotopic (exact) mass is 374 g/mol. The van der Waals surface area contributed by atoms with Crippen LogP contribution in [0.3, 0.4) is 0 Å². The van der Waals surface area contributed by atoms with Gasteiger partial charge in [-0.25, -0.2) is 4.79 Å². The van der Waals surface area contributed by atoms with Gasteiger partial charge in [-0.2, -0.15) is 5.26 Å². The Kier molecular flexibility index (Phi) is 4.37. The van der Waals surface area contributed by atoms with E-state index in [1.807, 2.05) is 40.3 Å². The van der Waals surface area contributed by atoms with E-state index in [2.05, 4.69) is 6.07 Å². The lowest BCUT2D eigenvalue weighted by molar-refractivity contribution is 0.0697. The predicted octanol–water partition coefficient (Wildman–Crippen LogP) is 4.84. The van der Waals surface area contributed by atoms with Crippen molar-refractivity contribution in [2.24, 2.45) is 0 Å². The molecule has 0 bridgehead atoms. The van der Waals surface area contributed by atoms with Gasteiger partial charge in [0.1, 0.15) is 18.4 Å². The molecule has 0 fully saturated rings. The zero-order chi connectivity index (χ0) is 18.8. The summed E-state index contributed by atoms with van der Waals surface area (Å²) in [6.45, 7) is 0.489. The molecule has 4 aromatic rings. The molecule has 2 aromatic carbocycles. The van der Waals surface area contributed by atoms with Crippen molar-refractivity contribution in [2.45, 2.75) is 6.61 Å². The van der Waals surface area contributed by atoms with Crippen molar-refractivity contribution < 1.29 is 14.6 Å². The number of hydrogen-bond donors (Lipinski definition) is 1. The minimum absolute atomic E-state index is 0.222. The molecule has 4 rings (SSSR count). The summed E-state index contributed by atoms with van der Waals surface area (Å²) in [6, 6.07) is 18.4. The topological polar surface area (TPSA) is 75.2 Å². The number of aromatic nitrogens is 1. The van der Waals surface area contributed by atoms with Crippen molar-refractivity contribution >= 4 is 28.2 Å². The highest BCUT2D eigenvalue weighted by molar-refractivity contribution is 7.09. The number of nitriles is 1. The molecule has 0 spiro atoms. The van der Waals surface area contributed by atoms with Gasteiger partial charge in [0.15, 0.2) is 0 Å². The lowest BCUT2D eigenvalue weighted by atomic mass is 10.2. The molecule has 0 unspecified atom stereocenters. The first kappa shape index (κ1) is 16.9. The summed E-state index contributed by atoms with van der Waals surface area (Å²) in [5.41, 5.74) is 2.41. The van der Waals surface area contributed by atoms with E-state index in [-0.39, 0.29) is 5.56 Å². The van der Waals surface area contributed by atoms with Crippen molar-refractivity contribution in [3.63, 3.8) is 0 Å². The maximum absolute atomic E-state index is 11.0. The van der Waals surface area contributed by atoms with Crippen LogP contribution in [0.5, 0.6) is 5.75 Å². The van der Waals surface area contributed by atoms with E-state index in [0.717, 1.165) is 21.5 Å². The Labute approximate surface area is 159 Å². The third-order valence-corrected chi connectivity index (χ3v) is 5.10. The highest BCUT2D eigenvalue weighted by atomic mass is 32.1. The normalized spacial score (nSPS) is 10.6. The van der Waals surface area contributed by atoms with Crippen molar-refractivity contribution in [1.29, 1.82) is 5.26 Å². The minimum Gasteiger partial charge on any atom is -0.488 e. The molecule has 27 heavy (non-hydrogen) atoms. The molecule has 0 radical (unpaired) electrons. The fourth-order valence-corrected chi connectivity index (χ4v) is 3.53. The lowest BCUT2D eigenvalue weighted by Crippen LogP contribution is -1.97. The number of carboxylic acid groups (broad SMARTS) is 1. The molecule has 0 saturated heterocycles. The average Bonchev–Trinajstić information content (AvgIpc) is 3.33. The number of carbonyl (C=O) groups is 1. The van der Waals surface area contributed by atoms with Crippen molar-refractivity contribution in [2.75, 3.05) is 0 Å². The summed E-state index contributed by atoms with van der Waals surface area (Å²) in [7, 11) is 0. The fraction of sp³-hybridized carbons (Fsp3) is 0.0476. The number of nitrogens with zero attached hydrogens (tertiary/aromatic N) is 2. The highest BCUT2D eigenvalue weighted by Gasteiger charge is 2.12. The van der Waals surface area contributed by atoms with Crippen LogP contribution in [0.4, 0.5) is 0 Å². The van der Waals surface area contributed by atoms with Crippen molar-refractivity contribution in [1.82, 2.24) is 4.57 Å². The Morgan fingerprint density at radius 1 is 1.19 bits per heavy atom. The third kappa shape index (κ3) is 3.28. The number of rotatable bonds is 5. The zero-order valence-corrected chi connectivity index (χ0v) is 14.9. The summed E-state index contributed by atoms with van der Waals surface area (Å²) >= 11 is 1.63. The summed E-state index contributed by atoms with van der Waals surface area (Å²) in [6.07, 6.45) is 1.75. The molecule has 132 valence electrons. The van der Waals surface area contributed by atoms with Crippen molar-refractivity contribution in [3.8, 4) is 17.5 Å². The van der Waals surface area contributed by atoms with Gasteiger partial charge < -0.3 is 14.4 Å². The number of benzene rings is 2. The van der Waals surface area contributed by atoms with Gasteiger partial charge in [-0.3, -0.25) is 0 Å². The van der Waals surface area contributed by atoms with Crippen LogP contribution >= 0.6 is 11.3 Å². The van der Waals surface area contributed by atoms with Gasteiger partial charge in [0, 0.05) is 22.1 Å². The summed E-state index contributed by atoms with van der Waals surface area (Å²) in [5, 5.41) is 21.4. The van der Waals surface area contributed by atoms with E-state index < -0.39 is 5.97 Å². The highest BCUT2D eigenvalue weighted by Crippen LogP contribution is 2.29. The molecule has 0 aliphatic rings. The Hall–Kier alpha value is -3.56. The maximum Gasteiger partial charge on any atom is 0.335 e. The molecule has 1 N–H and O–H groups in total. The number of thiophene rings is 1. The maximum atomic E-state index is 11.0. The molecule has 0 aliphatic carbocycles. The quantitative estimate of drug-likeness (QED) is 0.542. The molecule has 2 heterocycles. The second-order valence-electron chi connectivity index (χ2n) is 5.92. The van der Waals surface area contributed by atoms with E-state index in [1.54, 1.807) is 41.8 Å². The average molecular weight is 374 g/mol. The predicted molar refractivity (Wildman–Crippen MR) is 104 cm³/mol. The van der Waals surface area contributed by atoms with Gasteiger partial charge in [-0.05, 0) is 53.9 Å². The summed E-state index contributed by atoms with van der Waals surface area (Å²) in [5.74, 6) is -0.268. The van der Waals surface area contributed by atoms with Gasteiger partial charge in [-0.1, -0.05) is 6.07 Å². The second-order valence-corrected chi connectivity index (χ2v) is 6.96. The first-order chi connectivity index (χ1) is 13.2. The molecule has 0 amide bonds. The van der Waals surface area contributed by atoms with Crippen LogP contribution in [0.1, 0.15) is 20.8 Å². The Morgan fingerprint density at radius 3 is 2.67 bits per heavy atom. The van der Waals surface area contributed by atoms with E-state index in [0.29, 0.717) is 17.9 Å². The number of fused-ring (bicyclic) bond motifs is 1. The first-order valence-corrected chi connectivity index (χ1v) is 9.08. The van der Waals surface area contributed by atoms with Gasteiger partial charge >= 0.3 is 5.97 Å². The fourth-order valence-electron chi connectivity index (χ4n) is 2.92. The van der Waals surface area contributed by atoms with Crippen molar-refractivity contribution in [3.05, 3.63) is 82.2 Å². The Morgan fingerprint density at radius 2 is 2.00 bits per heavy atom. The van der Waals surface area contributed by atoms with Gasteiger partial charge in [0.25, 0.3) is 0 Å². The van der Waals surface area contributed by atoms with E-state index in [4.69, 9.17) is 9.84 Å². The van der Waals surface area contributed by atoms with Gasteiger partial charge in [0.05, 0.1) is 16.6 Å². The molecule has 0 atom stereocenters. The van der Waals surface area contributed by atoms with Gasteiger partial charge in [-0.15, -0.1) is 11.3 Å². The van der Waals surface area contributed by atoms with Crippen LogP contribution in [0, 0.1) is 11.3 Å². The Bertz CT molecular complexity index is 1150. The standard InChI is InChI=1S/C21H14N2O3S/c22-11-15-12-23(16-5-3-14(4-6-16)21(24)25)20-8-7-17(10-19(15)20)26-13-18-2-1-9-27-18/h1-10,12H,13H2,(H,24,25). The van der Waals surface area contributed by atoms with Crippen LogP contribution in [0.25, 0.3) is 16.6 Å². The van der Waals surface area contributed by atoms with Crippen LogP contribution in [0.15, 0.2) is 66.2 Å². The smallest absolute Gasteiger partial charge is 0.335 e. The molecule has 0 aliphatic heterocycles. The molecule has 5 nitrogen and oxygen atoms in total. The number of hydrogen-bond acceptors (Lipinski definition) is 4. The third-order valence-electron chi connectivity index (χ3n) is 4.25. The second kappa shape index (κ2) is 6.98. The van der Waals surface area contributed by atoms with Crippen LogP contribution in [-0.2, 0) is 6.61 Å². The summed E-state index contributed by atoms with van der Waals surface area (Å²) < 4.78 is 7.72. The molecule has 0 saturated carbocycles. The van der Waals surface area contributed by atoms with Crippen LogP contribution in [0.2, 0.25) is 0 Å². The first-order valence-electron chi connectivity index (χ1n) is 8.20. The zero-order valence-electron chi connectivity index (χ0n) is 14.1. The minimum atomic E-state index is -0.968. The van der Waals surface area contributed by atoms with E-state index in [9.17, 15) is 10.1 Å². The molecular weight excluding hydrogens is 360 g/mol. The SMILES string of the molecule is N#Cc1cn(-c2ccc(C(=O)O)cc2)c2ccc(OCc3cccs3)cc12. The van der Waals surface area contributed by atoms with Gasteiger partial charge in [0.2, 0.25) is 0 Å². The van der Waals surface area contributed by atoms with Crippen LogP contribution < -0.4 is 4.74 Å². The Balaban J connectivity index is 1.70. The van der Waals surface area contributed by atoms with E-state index >= 15 is 0 Å². The number of aromatic carboxylic acids is 1. The largest absolute Gasteiger partial charge is 0.488 e. The molecule has 6 heteroatoms. The molecule has 2 aromatic heterocycles. The summed E-state index contributed by atoms with van der Waals surface area (Å²) in [4.78, 5) is 12.2. The van der Waals surface area contributed by atoms with E-state index in [1.165, 1.54) is 0 Å².